The van der Waals surface area contributed by atoms with E-state index in [0.717, 1.165) is 17.1 Å². The van der Waals surface area contributed by atoms with Gasteiger partial charge in [0.1, 0.15) is 16.3 Å². The average molecular weight is 486 g/mol. The number of ether oxygens (including phenoxy) is 1. The molecule has 0 spiro atoms. The number of piperidine rings is 1. The molecule has 180 valence electrons. The van der Waals surface area contributed by atoms with Gasteiger partial charge in [0.05, 0.1) is 24.3 Å². The Morgan fingerprint density at radius 3 is 2.68 bits per heavy atom. The summed E-state index contributed by atoms with van der Waals surface area (Å²) in [7, 11) is 0. The molecule has 3 aromatic rings. The molecule has 3 aliphatic rings. The first-order valence-corrected chi connectivity index (χ1v) is 12.1. The van der Waals surface area contributed by atoms with Crippen molar-refractivity contribution in [3.05, 3.63) is 29.3 Å². The zero-order valence-corrected chi connectivity index (χ0v) is 20.1. The van der Waals surface area contributed by atoms with Gasteiger partial charge in [-0.2, -0.15) is 4.98 Å². The van der Waals surface area contributed by atoms with Crippen molar-refractivity contribution in [2.75, 3.05) is 31.1 Å². The van der Waals surface area contributed by atoms with Gasteiger partial charge in [-0.15, -0.1) is 16.4 Å². The Balaban J connectivity index is 1.44. The van der Waals surface area contributed by atoms with Crippen molar-refractivity contribution in [3.63, 3.8) is 0 Å². The molecule has 6 rings (SSSR count). The van der Waals surface area contributed by atoms with E-state index < -0.39 is 5.60 Å². The van der Waals surface area contributed by atoms with E-state index in [1.807, 2.05) is 36.0 Å². The summed E-state index contributed by atoms with van der Waals surface area (Å²) in [5, 5.41) is 19.1. The van der Waals surface area contributed by atoms with Crippen LogP contribution in [0.15, 0.2) is 23.7 Å². The van der Waals surface area contributed by atoms with Crippen LogP contribution >= 0.6 is 11.3 Å². The number of aliphatic hydroxyl groups is 1. The molecule has 2 atom stereocenters. The van der Waals surface area contributed by atoms with Crippen LogP contribution < -0.4 is 10.2 Å². The Bertz CT molecular complexity index is 1210. The Kier molecular flexibility index (Phi) is 5.64. The molecule has 0 radical (unpaired) electrons. The second-order valence-electron chi connectivity index (χ2n) is 9.43. The fourth-order valence-electron chi connectivity index (χ4n) is 4.42. The summed E-state index contributed by atoms with van der Waals surface area (Å²) in [5.41, 5.74) is 0.981. The van der Waals surface area contributed by atoms with Gasteiger partial charge in [0.25, 0.3) is 5.91 Å². The number of nitrogens with zero attached hydrogens (tertiary/aromatic N) is 6. The highest BCUT2D eigenvalue weighted by atomic mass is 32.1. The lowest BCUT2D eigenvalue weighted by molar-refractivity contribution is -0.0381. The molecule has 6 heterocycles. The minimum absolute atomic E-state index is 0.0333. The van der Waals surface area contributed by atoms with Crippen LogP contribution in [0.3, 0.4) is 0 Å². The molecule has 11 nitrogen and oxygen atoms in total. The largest absolute Gasteiger partial charge is 0.444 e. The van der Waals surface area contributed by atoms with E-state index >= 15 is 0 Å². The number of nitrogens with one attached hydrogen (secondary N) is 1. The summed E-state index contributed by atoms with van der Waals surface area (Å²) < 4.78 is 7.21. The van der Waals surface area contributed by atoms with Crippen molar-refractivity contribution in [1.29, 1.82) is 0 Å². The van der Waals surface area contributed by atoms with Crippen molar-refractivity contribution < 1.29 is 19.4 Å². The lowest BCUT2D eigenvalue weighted by atomic mass is 9.88. The van der Waals surface area contributed by atoms with Gasteiger partial charge in [-0.1, -0.05) is 0 Å². The Morgan fingerprint density at radius 2 is 2.03 bits per heavy atom. The number of hydrogen-bond donors (Lipinski definition) is 2. The van der Waals surface area contributed by atoms with Crippen LogP contribution in [-0.4, -0.2) is 85.5 Å². The molecule has 2 amide bonds. The molecule has 0 aliphatic carbocycles. The number of carbonyl (C=O) groups excluding carboxylic acids is 2. The van der Waals surface area contributed by atoms with E-state index in [2.05, 4.69) is 10.3 Å². The smallest absolute Gasteiger partial charge is 0.410 e. The van der Waals surface area contributed by atoms with Gasteiger partial charge in [0.2, 0.25) is 5.95 Å². The van der Waals surface area contributed by atoms with Gasteiger partial charge in [0.15, 0.2) is 5.65 Å². The normalized spacial score (nSPS) is 19.8. The summed E-state index contributed by atoms with van der Waals surface area (Å²) in [6.45, 7) is 6.76. The predicted molar refractivity (Wildman–Crippen MR) is 126 cm³/mol. The number of carbonyl (C=O) groups is 2. The summed E-state index contributed by atoms with van der Waals surface area (Å²) in [6, 6.07) is 3.57. The first-order valence-electron chi connectivity index (χ1n) is 11.2. The molecule has 34 heavy (non-hydrogen) atoms. The molecular weight excluding hydrogens is 458 g/mol. The summed E-state index contributed by atoms with van der Waals surface area (Å²) >= 11 is 1.47. The maximum absolute atomic E-state index is 12.7. The molecule has 2 unspecified atom stereocenters. The van der Waals surface area contributed by atoms with E-state index in [-0.39, 0.29) is 37.2 Å². The van der Waals surface area contributed by atoms with Gasteiger partial charge in [-0.3, -0.25) is 9.69 Å². The number of thiazole rings is 1. The molecule has 0 saturated carbocycles. The van der Waals surface area contributed by atoms with Crippen LogP contribution in [0.4, 0.5) is 10.7 Å². The van der Waals surface area contributed by atoms with E-state index in [4.69, 9.17) is 19.9 Å². The summed E-state index contributed by atoms with van der Waals surface area (Å²) in [6.07, 6.45) is 2.35. The zero-order valence-electron chi connectivity index (χ0n) is 19.3. The predicted octanol–water partition coefficient (Wildman–Crippen LogP) is 1.77. The number of fused-ring (bicyclic) bond motifs is 3. The van der Waals surface area contributed by atoms with Crippen molar-refractivity contribution in [3.8, 4) is 10.7 Å². The third-order valence-electron chi connectivity index (χ3n) is 5.85. The second-order valence-corrected chi connectivity index (χ2v) is 10.3. The number of amides is 2. The maximum Gasteiger partial charge on any atom is 0.410 e. The van der Waals surface area contributed by atoms with Crippen LogP contribution in [0.1, 0.15) is 37.6 Å². The van der Waals surface area contributed by atoms with Crippen LogP contribution in [0.2, 0.25) is 0 Å². The van der Waals surface area contributed by atoms with Crippen LogP contribution in [0, 0.1) is 0 Å². The Labute approximate surface area is 200 Å². The molecule has 0 aromatic carbocycles. The van der Waals surface area contributed by atoms with Gasteiger partial charge in [-0.25, -0.2) is 14.3 Å². The fraction of sp³-hybridized carbons (Fsp3) is 0.500. The van der Waals surface area contributed by atoms with E-state index in [1.165, 1.54) is 11.3 Å². The van der Waals surface area contributed by atoms with E-state index in [9.17, 15) is 9.59 Å². The van der Waals surface area contributed by atoms with Crippen molar-refractivity contribution in [2.24, 2.45) is 0 Å². The molecule has 2 N–H and O–H groups in total. The number of anilines is 1. The second kappa shape index (κ2) is 8.51. The fourth-order valence-corrected chi connectivity index (χ4v) is 5.07. The Hall–Kier alpha value is -3.25. The molecule has 3 aliphatic heterocycles. The molecule has 3 aromatic heterocycles. The van der Waals surface area contributed by atoms with Crippen molar-refractivity contribution in [1.82, 2.24) is 29.8 Å². The number of pyridine rings is 1. The van der Waals surface area contributed by atoms with Crippen LogP contribution in [0.5, 0.6) is 0 Å². The monoisotopic (exact) mass is 485 g/mol. The first-order chi connectivity index (χ1) is 16.2. The highest BCUT2D eigenvalue weighted by Crippen LogP contribution is 2.35. The number of hydrogen-bond acceptors (Lipinski definition) is 9. The molecule has 2 bridgehead atoms. The minimum Gasteiger partial charge on any atom is -0.444 e. The van der Waals surface area contributed by atoms with Crippen molar-refractivity contribution in [2.45, 2.75) is 44.9 Å². The third-order valence-corrected chi connectivity index (χ3v) is 6.64. The highest BCUT2D eigenvalue weighted by molar-refractivity contribution is 7.13. The van der Waals surface area contributed by atoms with Crippen LogP contribution in [-0.2, 0) is 4.74 Å². The number of aromatic nitrogens is 4. The third kappa shape index (κ3) is 4.07. The van der Waals surface area contributed by atoms with Crippen LogP contribution in [0.25, 0.3) is 16.3 Å². The number of rotatable bonds is 5. The molecule has 3 saturated heterocycles. The van der Waals surface area contributed by atoms with Crippen molar-refractivity contribution >= 4 is 34.9 Å². The lowest BCUT2D eigenvalue weighted by Gasteiger charge is -2.55. The maximum atomic E-state index is 12.7. The van der Waals surface area contributed by atoms with E-state index in [1.54, 1.807) is 22.8 Å². The quantitative estimate of drug-likeness (QED) is 0.560. The number of piperazine rings is 1. The first kappa shape index (κ1) is 22.5. The molecule has 3 fully saturated rings. The minimum atomic E-state index is -0.539. The average Bonchev–Trinajstić information content (AvgIpc) is 3.46. The highest BCUT2D eigenvalue weighted by Gasteiger charge is 2.49. The zero-order chi connectivity index (χ0) is 24.0. The van der Waals surface area contributed by atoms with Gasteiger partial charge < -0.3 is 20.1 Å². The molecular formula is C22H27N7O4S. The van der Waals surface area contributed by atoms with Gasteiger partial charge >= 0.3 is 6.09 Å². The van der Waals surface area contributed by atoms with Gasteiger partial charge in [0, 0.05) is 31.2 Å². The summed E-state index contributed by atoms with van der Waals surface area (Å²) in [5.74, 6) is 0.167. The standard InChI is InChI=1S/C22H27N7O4S/c1-22(2,3)33-21(32)28-13-10-14(28)12-27(11-13)20-25-17-15(18(31)23-6-8-30)4-5-16(29(17)26-20)19-24-7-9-34-19/h4-5,7,9,13-14,30H,6,8,10-12H2,1-3H3,(H,23,31). The number of aliphatic hydroxyl groups excluding tert-OH is 1. The van der Waals surface area contributed by atoms with E-state index in [0.29, 0.717) is 30.2 Å². The topological polar surface area (TPSA) is 125 Å². The molecule has 12 heteroatoms. The SMILES string of the molecule is CC(C)(C)OC(=O)N1C2CC1CN(c1nc3c(C(=O)NCCO)ccc(-c4nccs4)n3n1)C2. The van der Waals surface area contributed by atoms with Gasteiger partial charge in [-0.05, 0) is 39.3 Å². The lowest BCUT2D eigenvalue weighted by Crippen LogP contribution is -2.70. The summed E-state index contributed by atoms with van der Waals surface area (Å²) in [4.78, 5) is 38.3. The Morgan fingerprint density at radius 1 is 1.26 bits per heavy atom.